The Labute approximate surface area is 80.2 Å². The molecule has 0 saturated carbocycles. The smallest absolute Gasteiger partial charge is 0.0378 e. The second-order valence-electron chi connectivity index (χ2n) is 4.53. The first-order valence-electron chi connectivity index (χ1n) is 5.01. The van der Waals surface area contributed by atoms with E-state index >= 15 is 0 Å². The monoisotopic (exact) mass is 175 g/mol. The normalized spacial score (nSPS) is 18.1. The van der Waals surface area contributed by atoms with E-state index in [4.69, 9.17) is 0 Å². The molecule has 1 aliphatic heterocycles. The van der Waals surface area contributed by atoms with Crippen LogP contribution in [-0.2, 0) is 12.8 Å². The first kappa shape index (κ1) is 8.61. The zero-order chi connectivity index (χ0) is 9.47. The third-order valence-electron chi connectivity index (χ3n) is 2.68. The summed E-state index contributed by atoms with van der Waals surface area (Å²) in [6, 6.07) is 6.76. The third-order valence-corrected chi connectivity index (χ3v) is 2.68. The number of aryl methyl sites for hydroxylation is 1. The van der Waals surface area contributed by atoms with Gasteiger partial charge in [0.1, 0.15) is 0 Å². The number of fused-ring (bicyclic) bond motifs is 1. The van der Waals surface area contributed by atoms with E-state index in [9.17, 15) is 0 Å². The molecule has 0 spiro atoms. The van der Waals surface area contributed by atoms with Crippen molar-refractivity contribution in [1.82, 2.24) is 0 Å². The fraction of sp³-hybridized carbons (Fsp3) is 0.500. The maximum absolute atomic E-state index is 3.53. The molecule has 1 aromatic rings. The van der Waals surface area contributed by atoms with Crippen molar-refractivity contribution in [2.75, 3.05) is 5.32 Å². The SMILES string of the molecule is CCc1ccc2c(c1)CC(C)(C)N2. The summed E-state index contributed by atoms with van der Waals surface area (Å²) in [5.74, 6) is 0. The molecule has 0 fully saturated rings. The molecule has 0 radical (unpaired) electrons. The van der Waals surface area contributed by atoms with Gasteiger partial charge in [-0.2, -0.15) is 0 Å². The summed E-state index contributed by atoms with van der Waals surface area (Å²) >= 11 is 0. The van der Waals surface area contributed by atoms with E-state index in [2.05, 4.69) is 44.3 Å². The van der Waals surface area contributed by atoms with Gasteiger partial charge in [0, 0.05) is 11.2 Å². The highest BCUT2D eigenvalue weighted by atomic mass is 15.0. The van der Waals surface area contributed by atoms with Gasteiger partial charge in [-0.05, 0) is 43.9 Å². The van der Waals surface area contributed by atoms with Gasteiger partial charge in [-0.25, -0.2) is 0 Å². The van der Waals surface area contributed by atoms with Crippen molar-refractivity contribution in [3.05, 3.63) is 29.3 Å². The van der Waals surface area contributed by atoms with Gasteiger partial charge >= 0.3 is 0 Å². The molecule has 0 aliphatic carbocycles. The van der Waals surface area contributed by atoms with Crippen LogP contribution >= 0.6 is 0 Å². The van der Waals surface area contributed by atoms with Gasteiger partial charge in [0.15, 0.2) is 0 Å². The average molecular weight is 175 g/mol. The summed E-state index contributed by atoms with van der Waals surface area (Å²) in [6.07, 6.45) is 2.28. The lowest BCUT2D eigenvalue weighted by Crippen LogP contribution is -2.26. The molecule has 0 bridgehead atoms. The summed E-state index contributed by atoms with van der Waals surface area (Å²) in [4.78, 5) is 0. The quantitative estimate of drug-likeness (QED) is 0.692. The largest absolute Gasteiger partial charge is 0.380 e. The van der Waals surface area contributed by atoms with Crippen LogP contribution < -0.4 is 5.32 Å². The summed E-state index contributed by atoms with van der Waals surface area (Å²) in [7, 11) is 0. The predicted octanol–water partition coefficient (Wildman–Crippen LogP) is 3.00. The van der Waals surface area contributed by atoms with Crippen molar-refractivity contribution < 1.29 is 0 Å². The van der Waals surface area contributed by atoms with Crippen molar-refractivity contribution in [2.45, 2.75) is 39.2 Å². The Morgan fingerprint density at radius 2 is 2.15 bits per heavy atom. The zero-order valence-corrected chi connectivity index (χ0v) is 8.65. The van der Waals surface area contributed by atoms with Crippen LogP contribution in [0.5, 0.6) is 0 Å². The van der Waals surface area contributed by atoms with Crippen molar-refractivity contribution in [1.29, 1.82) is 0 Å². The first-order chi connectivity index (χ1) is 6.11. The van der Waals surface area contributed by atoms with E-state index in [1.807, 2.05) is 0 Å². The second kappa shape index (κ2) is 2.76. The molecule has 1 nitrogen and oxygen atoms in total. The molecule has 0 atom stereocenters. The summed E-state index contributed by atoms with van der Waals surface area (Å²) in [5, 5.41) is 3.53. The minimum absolute atomic E-state index is 0.245. The highest BCUT2D eigenvalue weighted by Gasteiger charge is 2.26. The molecular formula is C12H17N. The fourth-order valence-electron chi connectivity index (χ4n) is 2.02. The molecule has 1 aliphatic rings. The van der Waals surface area contributed by atoms with Gasteiger partial charge in [-0.3, -0.25) is 0 Å². The Morgan fingerprint density at radius 3 is 2.85 bits per heavy atom. The Morgan fingerprint density at radius 1 is 1.38 bits per heavy atom. The van der Waals surface area contributed by atoms with Gasteiger partial charge < -0.3 is 5.32 Å². The molecular weight excluding hydrogens is 158 g/mol. The number of nitrogens with one attached hydrogen (secondary N) is 1. The van der Waals surface area contributed by atoms with E-state index in [0.29, 0.717) is 0 Å². The van der Waals surface area contributed by atoms with E-state index in [0.717, 1.165) is 12.8 Å². The van der Waals surface area contributed by atoms with Crippen LogP contribution in [-0.4, -0.2) is 5.54 Å². The minimum atomic E-state index is 0.245. The van der Waals surface area contributed by atoms with Gasteiger partial charge in [0.2, 0.25) is 0 Å². The van der Waals surface area contributed by atoms with E-state index < -0.39 is 0 Å². The summed E-state index contributed by atoms with van der Waals surface area (Å²) in [5.41, 5.74) is 4.49. The molecule has 2 rings (SSSR count). The van der Waals surface area contributed by atoms with Crippen LogP contribution in [0.15, 0.2) is 18.2 Å². The van der Waals surface area contributed by atoms with Crippen LogP contribution in [0.2, 0.25) is 0 Å². The lowest BCUT2D eigenvalue weighted by molar-refractivity contribution is 0.594. The second-order valence-corrected chi connectivity index (χ2v) is 4.53. The fourth-order valence-corrected chi connectivity index (χ4v) is 2.02. The molecule has 1 N–H and O–H groups in total. The van der Waals surface area contributed by atoms with Crippen LogP contribution in [0.1, 0.15) is 31.9 Å². The van der Waals surface area contributed by atoms with E-state index in [-0.39, 0.29) is 5.54 Å². The van der Waals surface area contributed by atoms with Gasteiger partial charge in [-0.1, -0.05) is 19.1 Å². The summed E-state index contributed by atoms with van der Waals surface area (Å²) in [6.45, 7) is 6.70. The Hall–Kier alpha value is -0.980. The molecule has 0 amide bonds. The topological polar surface area (TPSA) is 12.0 Å². The number of rotatable bonds is 1. The maximum Gasteiger partial charge on any atom is 0.0378 e. The van der Waals surface area contributed by atoms with Crippen molar-refractivity contribution in [3.63, 3.8) is 0 Å². The Bertz CT molecular complexity index is 326. The van der Waals surface area contributed by atoms with E-state index in [1.165, 1.54) is 16.8 Å². The standard InChI is InChI=1S/C12H17N/c1-4-9-5-6-11-10(7-9)8-12(2,3)13-11/h5-7,13H,4,8H2,1-3H3. The molecule has 1 heteroatoms. The minimum Gasteiger partial charge on any atom is -0.380 e. The zero-order valence-electron chi connectivity index (χ0n) is 8.65. The lowest BCUT2D eigenvalue weighted by atomic mass is 9.99. The maximum atomic E-state index is 3.53. The van der Waals surface area contributed by atoms with Crippen molar-refractivity contribution in [3.8, 4) is 0 Å². The Balaban J connectivity index is 2.36. The van der Waals surface area contributed by atoms with Crippen LogP contribution in [0.4, 0.5) is 5.69 Å². The summed E-state index contributed by atoms with van der Waals surface area (Å²) < 4.78 is 0. The highest BCUT2D eigenvalue weighted by Crippen LogP contribution is 2.32. The van der Waals surface area contributed by atoms with E-state index in [1.54, 1.807) is 0 Å². The average Bonchev–Trinajstić information content (AvgIpc) is 2.36. The Kier molecular flexibility index (Phi) is 1.83. The van der Waals surface area contributed by atoms with Crippen molar-refractivity contribution >= 4 is 5.69 Å². The molecule has 1 heterocycles. The first-order valence-corrected chi connectivity index (χ1v) is 5.01. The highest BCUT2D eigenvalue weighted by molar-refractivity contribution is 5.59. The van der Waals surface area contributed by atoms with Gasteiger partial charge in [0.05, 0.1) is 0 Å². The molecule has 1 aromatic carbocycles. The lowest BCUT2D eigenvalue weighted by Gasteiger charge is -2.17. The van der Waals surface area contributed by atoms with Crippen LogP contribution in [0.3, 0.4) is 0 Å². The molecule has 0 saturated heterocycles. The number of benzene rings is 1. The van der Waals surface area contributed by atoms with Crippen molar-refractivity contribution in [2.24, 2.45) is 0 Å². The molecule has 0 unspecified atom stereocenters. The molecule has 13 heavy (non-hydrogen) atoms. The predicted molar refractivity (Wildman–Crippen MR) is 57.2 cm³/mol. The van der Waals surface area contributed by atoms with Crippen LogP contribution in [0.25, 0.3) is 0 Å². The van der Waals surface area contributed by atoms with Crippen LogP contribution in [0, 0.1) is 0 Å². The number of anilines is 1. The van der Waals surface area contributed by atoms with Gasteiger partial charge in [-0.15, -0.1) is 0 Å². The molecule has 0 aromatic heterocycles. The van der Waals surface area contributed by atoms with Gasteiger partial charge in [0.25, 0.3) is 0 Å². The molecule has 70 valence electrons. The third kappa shape index (κ3) is 1.55. The number of hydrogen-bond donors (Lipinski definition) is 1. The number of hydrogen-bond acceptors (Lipinski definition) is 1.